The van der Waals surface area contributed by atoms with Gasteiger partial charge < -0.3 is 15.5 Å². The van der Waals surface area contributed by atoms with Gasteiger partial charge in [0.15, 0.2) is 0 Å². The summed E-state index contributed by atoms with van der Waals surface area (Å²) in [5.41, 5.74) is 8.89. The number of nitrogens with two attached hydrogens (primary N) is 1. The molecule has 4 heteroatoms. The van der Waals surface area contributed by atoms with Crippen molar-refractivity contribution in [1.29, 1.82) is 0 Å². The minimum absolute atomic E-state index is 0.173. The summed E-state index contributed by atoms with van der Waals surface area (Å²) in [5, 5.41) is 2.80. The predicted octanol–water partition coefficient (Wildman–Crippen LogP) is 2.83. The SMILES string of the molecule is CC(C)c1ccc(C(N)CNC(=O)c2ccoc2)cc1. The van der Waals surface area contributed by atoms with E-state index >= 15 is 0 Å². The second kappa shape index (κ2) is 6.39. The molecule has 1 heterocycles. The Morgan fingerprint density at radius 1 is 1.20 bits per heavy atom. The molecule has 0 fully saturated rings. The van der Waals surface area contributed by atoms with E-state index < -0.39 is 0 Å². The van der Waals surface area contributed by atoms with Crippen LogP contribution in [-0.4, -0.2) is 12.5 Å². The molecule has 20 heavy (non-hydrogen) atoms. The molecule has 0 bridgehead atoms. The van der Waals surface area contributed by atoms with Gasteiger partial charge in [-0.05, 0) is 23.1 Å². The highest BCUT2D eigenvalue weighted by molar-refractivity contribution is 5.93. The highest BCUT2D eigenvalue weighted by atomic mass is 16.3. The lowest BCUT2D eigenvalue weighted by molar-refractivity contribution is 0.0950. The van der Waals surface area contributed by atoms with Gasteiger partial charge in [-0.2, -0.15) is 0 Å². The third-order valence-corrected chi connectivity index (χ3v) is 3.30. The maximum absolute atomic E-state index is 11.8. The molecule has 3 N–H and O–H groups in total. The van der Waals surface area contributed by atoms with Crippen molar-refractivity contribution in [1.82, 2.24) is 5.32 Å². The normalized spacial score (nSPS) is 12.4. The summed E-state index contributed by atoms with van der Waals surface area (Å²) in [6, 6.07) is 9.61. The van der Waals surface area contributed by atoms with Crippen molar-refractivity contribution < 1.29 is 9.21 Å². The van der Waals surface area contributed by atoms with Crippen LogP contribution in [0.1, 0.15) is 47.3 Å². The van der Waals surface area contributed by atoms with E-state index in [0.717, 1.165) is 5.56 Å². The number of nitrogens with one attached hydrogen (secondary N) is 1. The number of rotatable bonds is 5. The Labute approximate surface area is 119 Å². The van der Waals surface area contributed by atoms with Crippen LogP contribution in [0.25, 0.3) is 0 Å². The molecule has 0 aliphatic carbocycles. The molecule has 2 aromatic rings. The zero-order valence-corrected chi connectivity index (χ0v) is 11.8. The van der Waals surface area contributed by atoms with Gasteiger partial charge in [-0.15, -0.1) is 0 Å². The van der Waals surface area contributed by atoms with Crippen LogP contribution in [0.2, 0.25) is 0 Å². The van der Waals surface area contributed by atoms with Crippen molar-refractivity contribution in [3.63, 3.8) is 0 Å². The van der Waals surface area contributed by atoms with E-state index in [9.17, 15) is 4.79 Å². The molecule has 0 aliphatic heterocycles. The summed E-state index contributed by atoms with van der Waals surface area (Å²) in [6.45, 7) is 4.70. The number of hydrogen-bond acceptors (Lipinski definition) is 3. The van der Waals surface area contributed by atoms with Gasteiger partial charge in [-0.25, -0.2) is 0 Å². The third kappa shape index (κ3) is 3.48. The van der Waals surface area contributed by atoms with Crippen LogP contribution in [0.4, 0.5) is 0 Å². The average Bonchev–Trinajstić information content (AvgIpc) is 2.98. The van der Waals surface area contributed by atoms with Crippen molar-refractivity contribution in [3.8, 4) is 0 Å². The van der Waals surface area contributed by atoms with Gasteiger partial charge in [-0.1, -0.05) is 38.1 Å². The summed E-state index contributed by atoms with van der Waals surface area (Å²) < 4.78 is 4.87. The van der Waals surface area contributed by atoms with E-state index in [-0.39, 0.29) is 11.9 Å². The number of benzene rings is 1. The van der Waals surface area contributed by atoms with Gasteiger partial charge in [0, 0.05) is 12.6 Å². The fourth-order valence-electron chi connectivity index (χ4n) is 1.94. The molecule has 4 nitrogen and oxygen atoms in total. The fraction of sp³-hybridized carbons (Fsp3) is 0.312. The predicted molar refractivity (Wildman–Crippen MR) is 78.5 cm³/mol. The fourth-order valence-corrected chi connectivity index (χ4v) is 1.94. The molecule has 0 aliphatic rings. The Morgan fingerprint density at radius 2 is 1.85 bits per heavy atom. The first-order chi connectivity index (χ1) is 9.58. The first-order valence-electron chi connectivity index (χ1n) is 6.73. The first-order valence-corrected chi connectivity index (χ1v) is 6.73. The molecule has 0 saturated carbocycles. The Hall–Kier alpha value is -2.07. The molecule has 1 atom stereocenters. The van der Waals surface area contributed by atoms with E-state index in [1.165, 1.54) is 18.1 Å². The smallest absolute Gasteiger partial charge is 0.254 e. The van der Waals surface area contributed by atoms with E-state index in [0.29, 0.717) is 18.0 Å². The van der Waals surface area contributed by atoms with E-state index in [1.807, 2.05) is 12.1 Å². The van der Waals surface area contributed by atoms with Crippen LogP contribution in [0.15, 0.2) is 47.3 Å². The summed E-state index contributed by atoms with van der Waals surface area (Å²) in [4.78, 5) is 11.8. The van der Waals surface area contributed by atoms with Gasteiger partial charge in [0.1, 0.15) is 6.26 Å². The molecule has 1 aromatic heterocycles. The van der Waals surface area contributed by atoms with Crippen LogP contribution in [0.5, 0.6) is 0 Å². The van der Waals surface area contributed by atoms with Crippen LogP contribution >= 0.6 is 0 Å². The average molecular weight is 272 g/mol. The van der Waals surface area contributed by atoms with Crippen molar-refractivity contribution in [2.45, 2.75) is 25.8 Å². The van der Waals surface area contributed by atoms with Crippen LogP contribution in [-0.2, 0) is 0 Å². The van der Waals surface area contributed by atoms with Gasteiger partial charge >= 0.3 is 0 Å². The Balaban J connectivity index is 1.91. The molecule has 2 rings (SSSR count). The third-order valence-electron chi connectivity index (χ3n) is 3.30. The van der Waals surface area contributed by atoms with Gasteiger partial charge in [0.2, 0.25) is 0 Å². The van der Waals surface area contributed by atoms with Crippen LogP contribution < -0.4 is 11.1 Å². The van der Waals surface area contributed by atoms with Crippen LogP contribution in [0, 0.1) is 0 Å². The minimum atomic E-state index is -0.216. The number of carbonyl (C=O) groups is 1. The van der Waals surface area contributed by atoms with Crippen LogP contribution in [0.3, 0.4) is 0 Å². The number of furan rings is 1. The molecule has 1 unspecified atom stereocenters. The standard InChI is InChI=1S/C16H20N2O2/c1-11(2)12-3-5-13(6-4-12)15(17)9-18-16(19)14-7-8-20-10-14/h3-8,10-11,15H,9,17H2,1-2H3,(H,18,19). The molecular formula is C16H20N2O2. The van der Waals surface area contributed by atoms with Crippen molar-refractivity contribution >= 4 is 5.91 Å². The zero-order chi connectivity index (χ0) is 14.5. The van der Waals surface area contributed by atoms with E-state index in [2.05, 4.69) is 31.3 Å². The van der Waals surface area contributed by atoms with Gasteiger partial charge in [0.25, 0.3) is 5.91 Å². The number of carbonyl (C=O) groups excluding carboxylic acids is 1. The van der Waals surface area contributed by atoms with E-state index in [1.54, 1.807) is 6.07 Å². The highest BCUT2D eigenvalue weighted by Crippen LogP contribution is 2.17. The molecule has 0 radical (unpaired) electrons. The molecule has 106 valence electrons. The lowest BCUT2D eigenvalue weighted by Gasteiger charge is -2.14. The number of hydrogen-bond donors (Lipinski definition) is 2. The number of amides is 1. The second-order valence-electron chi connectivity index (χ2n) is 5.15. The highest BCUT2D eigenvalue weighted by Gasteiger charge is 2.11. The summed E-state index contributed by atoms with van der Waals surface area (Å²) in [6.07, 6.45) is 2.89. The Kier molecular flexibility index (Phi) is 4.58. The van der Waals surface area contributed by atoms with Crippen molar-refractivity contribution in [3.05, 3.63) is 59.5 Å². The maximum Gasteiger partial charge on any atom is 0.254 e. The topological polar surface area (TPSA) is 68.3 Å². The second-order valence-corrected chi connectivity index (χ2v) is 5.15. The summed E-state index contributed by atoms with van der Waals surface area (Å²) >= 11 is 0. The molecule has 0 saturated heterocycles. The van der Waals surface area contributed by atoms with Crippen molar-refractivity contribution in [2.24, 2.45) is 5.73 Å². The largest absolute Gasteiger partial charge is 0.472 e. The maximum atomic E-state index is 11.8. The first kappa shape index (κ1) is 14.3. The minimum Gasteiger partial charge on any atom is -0.472 e. The van der Waals surface area contributed by atoms with E-state index in [4.69, 9.17) is 10.2 Å². The van der Waals surface area contributed by atoms with Gasteiger partial charge in [0.05, 0.1) is 11.8 Å². The molecule has 0 spiro atoms. The summed E-state index contributed by atoms with van der Waals surface area (Å²) in [7, 11) is 0. The van der Waals surface area contributed by atoms with Crippen molar-refractivity contribution in [2.75, 3.05) is 6.54 Å². The summed E-state index contributed by atoms with van der Waals surface area (Å²) in [5.74, 6) is 0.328. The quantitative estimate of drug-likeness (QED) is 0.879. The molecular weight excluding hydrogens is 252 g/mol. The monoisotopic (exact) mass is 272 g/mol. The lowest BCUT2D eigenvalue weighted by atomic mass is 9.99. The Bertz CT molecular complexity index is 544. The molecule has 1 amide bonds. The van der Waals surface area contributed by atoms with Gasteiger partial charge in [-0.3, -0.25) is 4.79 Å². The lowest BCUT2D eigenvalue weighted by Crippen LogP contribution is -2.31. The Morgan fingerprint density at radius 3 is 2.40 bits per heavy atom. The molecule has 1 aromatic carbocycles. The zero-order valence-electron chi connectivity index (χ0n) is 11.8.